The monoisotopic (exact) mass is 329 g/mol. The first-order valence-corrected chi connectivity index (χ1v) is 7.29. The van der Waals surface area contributed by atoms with Crippen molar-refractivity contribution < 1.29 is 14.1 Å². The zero-order chi connectivity index (χ0) is 17.3. The number of hydrogen-bond donors (Lipinski definition) is 1. The minimum Gasteiger partial charge on any atom is -0.440 e. The lowest BCUT2D eigenvalue weighted by Crippen LogP contribution is -2.18. The quantitative estimate of drug-likeness (QED) is 0.568. The second-order valence-electron chi connectivity index (χ2n) is 5.59. The number of benzene rings is 1. The fourth-order valence-electron chi connectivity index (χ4n) is 2.15. The third-order valence-corrected chi connectivity index (χ3v) is 3.32. The summed E-state index contributed by atoms with van der Waals surface area (Å²) in [4.78, 5) is 26.4. The first kappa shape index (κ1) is 15.7. The van der Waals surface area contributed by atoms with E-state index in [9.17, 15) is 14.9 Å². The van der Waals surface area contributed by atoms with E-state index in [0.29, 0.717) is 22.7 Å². The van der Waals surface area contributed by atoms with Crippen LogP contribution in [0.1, 0.15) is 25.7 Å². The molecule has 0 aliphatic heterocycles. The van der Waals surface area contributed by atoms with Crippen LogP contribution in [-0.4, -0.2) is 25.6 Å². The number of aromatic nitrogens is 3. The normalized spacial score (nSPS) is 11.1. The molecule has 0 aliphatic carbocycles. The number of amides is 1. The third kappa shape index (κ3) is 3.24. The molecule has 0 bridgehead atoms. The van der Waals surface area contributed by atoms with Crippen molar-refractivity contribution in [3.05, 3.63) is 46.6 Å². The van der Waals surface area contributed by atoms with Crippen molar-refractivity contribution in [3.8, 4) is 0 Å². The smallest absolute Gasteiger partial charge is 0.307 e. The fraction of sp³-hybridized carbons (Fsp3) is 0.267. The standard InChI is InChI=1S/C15H15N5O4/c1-9(2)15-18-12-5-10(3-4-13(12)24-15)17-14(21)8-19-7-11(6-16-19)20(22)23/h3-7,9H,8H2,1-2H3,(H,17,21). The van der Waals surface area contributed by atoms with Gasteiger partial charge < -0.3 is 9.73 Å². The van der Waals surface area contributed by atoms with Gasteiger partial charge in [-0.15, -0.1) is 0 Å². The molecular weight excluding hydrogens is 314 g/mol. The molecule has 3 aromatic rings. The minimum absolute atomic E-state index is 0.123. The molecule has 0 saturated heterocycles. The van der Waals surface area contributed by atoms with E-state index in [-0.39, 0.29) is 24.1 Å². The summed E-state index contributed by atoms with van der Waals surface area (Å²) >= 11 is 0. The predicted octanol–water partition coefficient (Wildman–Crippen LogP) is 2.69. The molecule has 24 heavy (non-hydrogen) atoms. The Bertz CT molecular complexity index is 912. The number of hydrogen-bond acceptors (Lipinski definition) is 6. The van der Waals surface area contributed by atoms with Crippen LogP contribution < -0.4 is 5.32 Å². The highest BCUT2D eigenvalue weighted by molar-refractivity contribution is 5.92. The van der Waals surface area contributed by atoms with E-state index in [4.69, 9.17) is 4.42 Å². The van der Waals surface area contributed by atoms with E-state index in [1.807, 2.05) is 13.8 Å². The van der Waals surface area contributed by atoms with E-state index in [0.717, 1.165) is 6.20 Å². The van der Waals surface area contributed by atoms with Crippen molar-refractivity contribution in [1.29, 1.82) is 0 Å². The lowest BCUT2D eigenvalue weighted by molar-refractivity contribution is -0.385. The molecule has 9 heteroatoms. The molecule has 0 aliphatic rings. The molecule has 0 spiro atoms. The van der Waals surface area contributed by atoms with Crippen LogP contribution in [0, 0.1) is 10.1 Å². The van der Waals surface area contributed by atoms with Crippen molar-refractivity contribution in [1.82, 2.24) is 14.8 Å². The lowest BCUT2D eigenvalue weighted by Gasteiger charge is -2.04. The highest BCUT2D eigenvalue weighted by Gasteiger charge is 2.13. The van der Waals surface area contributed by atoms with Crippen molar-refractivity contribution >= 4 is 28.4 Å². The van der Waals surface area contributed by atoms with Gasteiger partial charge in [0, 0.05) is 11.6 Å². The first-order valence-electron chi connectivity index (χ1n) is 7.29. The Morgan fingerprint density at radius 1 is 1.46 bits per heavy atom. The summed E-state index contributed by atoms with van der Waals surface area (Å²) in [6.07, 6.45) is 2.30. The van der Waals surface area contributed by atoms with E-state index < -0.39 is 4.92 Å². The molecule has 0 atom stereocenters. The van der Waals surface area contributed by atoms with Crippen LogP contribution in [-0.2, 0) is 11.3 Å². The van der Waals surface area contributed by atoms with Gasteiger partial charge in [0.05, 0.1) is 4.92 Å². The van der Waals surface area contributed by atoms with Crippen LogP contribution in [0.3, 0.4) is 0 Å². The summed E-state index contributed by atoms with van der Waals surface area (Å²) < 4.78 is 6.82. The first-order chi connectivity index (χ1) is 11.4. The molecular formula is C15H15N5O4. The van der Waals surface area contributed by atoms with Gasteiger partial charge in [0.2, 0.25) is 5.91 Å². The number of nitro groups is 1. The van der Waals surface area contributed by atoms with Gasteiger partial charge in [0.25, 0.3) is 0 Å². The van der Waals surface area contributed by atoms with Crippen LogP contribution in [0.25, 0.3) is 11.1 Å². The average molecular weight is 329 g/mol. The van der Waals surface area contributed by atoms with Gasteiger partial charge in [-0.05, 0) is 18.2 Å². The van der Waals surface area contributed by atoms with Crippen molar-refractivity contribution in [2.24, 2.45) is 0 Å². The molecule has 1 N–H and O–H groups in total. The molecule has 124 valence electrons. The summed E-state index contributed by atoms with van der Waals surface area (Å²) in [6.45, 7) is 3.84. The predicted molar refractivity (Wildman–Crippen MR) is 85.6 cm³/mol. The fourth-order valence-corrected chi connectivity index (χ4v) is 2.15. The largest absolute Gasteiger partial charge is 0.440 e. The Labute approximate surface area is 136 Å². The van der Waals surface area contributed by atoms with Gasteiger partial charge in [-0.25, -0.2) is 4.98 Å². The summed E-state index contributed by atoms with van der Waals surface area (Å²) in [5.74, 6) is 0.461. The molecule has 3 rings (SSSR count). The Hall–Kier alpha value is -3.23. The maximum absolute atomic E-state index is 12.0. The molecule has 0 fully saturated rings. The maximum atomic E-state index is 12.0. The van der Waals surface area contributed by atoms with Gasteiger partial charge in [-0.3, -0.25) is 19.6 Å². The van der Waals surface area contributed by atoms with Crippen LogP contribution in [0.2, 0.25) is 0 Å². The molecule has 2 aromatic heterocycles. The number of nitrogens with zero attached hydrogens (tertiary/aromatic N) is 4. The highest BCUT2D eigenvalue weighted by Crippen LogP contribution is 2.23. The van der Waals surface area contributed by atoms with Crippen molar-refractivity contribution in [2.75, 3.05) is 5.32 Å². The minimum atomic E-state index is -0.563. The van der Waals surface area contributed by atoms with Gasteiger partial charge in [0.15, 0.2) is 11.5 Å². The number of anilines is 1. The van der Waals surface area contributed by atoms with E-state index in [1.54, 1.807) is 18.2 Å². The van der Waals surface area contributed by atoms with E-state index in [1.165, 1.54) is 10.9 Å². The molecule has 0 unspecified atom stereocenters. The zero-order valence-corrected chi connectivity index (χ0v) is 13.1. The number of rotatable bonds is 5. The van der Waals surface area contributed by atoms with E-state index in [2.05, 4.69) is 15.4 Å². The van der Waals surface area contributed by atoms with Crippen LogP contribution in [0.15, 0.2) is 35.0 Å². The van der Waals surface area contributed by atoms with Crippen LogP contribution in [0.5, 0.6) is 0 Å². The molecule has 1 amide bonds. The maximum Gasteiger partial charge on any atom is 0.307 e. The summed E-state index contributed by atoms with van der Waals surface area (Å²) in [6, 6.07) is 5.16. The van der Waals surface area contributed by atoms with Crippen molar-refractivity contribution in [3.63, 3.8) is 0 Å². The Morgan fingerprint density at radius 3 is 2.92 bits per heavy atom. The molecule has 0 radical (unpaired) electrons. The topological polar surface area (TPSA) is 116 Å². The Kier molecular flexibility index (Phi) is 3.98. The second-order valence-corrected chi connectivity index (χ2v) is 5.59. The number of carbonyl (C=O) groups excluding carboxylic acids is 1. The van der Waals surface area contributed by atoms with Gasteiger partial charge in [-0.1, -0.05) is 13.8 Å². The molecule has 1 aromatic carbocycles. The third-order valence-electron chi connectivity index (χ3n) is 3.32. The average Bonchev–Trinajstić information content (AvgIpc) is 3.13. The Morgan fingerprint density at radius 2 is 2.25 bits per heavy atom. The summed E-state index contributed by atoms with van der Waals surface area (Å²) in [7, 11) is 0. The molecule has 2 heterocycles. The van der Waals surface area contributed by atoms with E-state index >= 15 is 0 Å². The number of nitrogens with one attached hydrogen (secondary N) is 1. The van der Waals surface area contributed by atoms with Crippen molar-refractivity contribution in [2.45, 2.75) is 26.3 Å². The Balaban J connectivity index is 1.71. The number of carbonyl (C=O) groups is 1. The van der Waals surface area contributed by atoms with Crippen LogP contribution in [0.4, 0.5) is 11.4 Å². The highest BCUT2D eigenvalue weighted by atomic mass is 16.6. The summed E-state index contributed by atoms with van der Waals surface area (Å²) in [5.41, 5.74) is 1.72. The zero-order valence-electron chi connectivity index (χ0n) is 13.1. The van der Waals surface area contributed by atoms with Crippen LogP contribution >= 0.6 is 0 Å². The second kappa shape index (κ2) is 6.11. The van der Waals surface area contributed by atoms with Gasteiger partial charge in [0.1, 0.15) is 24.5 Å². The van der Waals surface area contributed by atoms with Gasteiger partial charge >= 0.3 is 5.69 Å². The number of oxazole rings is 1. The number of fused-ring (bicyclic) bond motifs is 1. The lowest BCUT2D eigenvalue weighted by atomic mass is 10.2. The molecule has 0 saturated carbocycles. The molecule has 9 nitrogen and oxygen atoms in total. The SMILES string of the molecule is CC(C)c1nc2cc(NC(=O)Cn3cc([N+](=O)[O-])cn3)ccc2o1. The van der Waals surface area contributed by atoms with Gasteiger partial charge in [-0.2, -0.15) is 5.10 Å². The summed E-state index contributed by atoms with van der Waals surface area (Å²) in [5, 5.41) is 17.1.